The lowest BCUT2D eigenvalue weighted by molar-refractivity contribution is 0.352. The molecular formula is C3FNO. The zero-order valence-electron chi connectivity index (χ0n) is 2.73. The maximum atomic E-state index is 11.4. The van der Waals surface area contributed by atoms with Gasteiger partial charge in [-0.15, -0.1) is 0 Å². The number of oxazole rings is 1. The third-order valence-electron chi connectivity index (χ3n) is 0.325. The van der Waals surface area contributed by atoms with E-state index in [0.717, 1.165) is 0 Å². The average molecular weight is 85.0 g/mol. The van der Waals surface area contributed by atoms with E-state index in [9.17, 15) is 4.39 Å². The molecule has 0 aromatic carbocycles. The predicted molar refractivity (Wildman–Crippen MR) is 14.1 cm³/mol. The van der Waals surface area contributed by atoms with Gasteiger partial charge in [0.1, 0.15) is 0 Å². The van der Waals surface area contributed by atoms with Crippen molar-refractivity contribution in [2.75, 3.05) is 0 Å². The minimum absolute atomic E-state index is 0.824. The lowest BCUT2D eigenvalue weighted by atomic mass is 11.0. The standard InChI is InChI=1S/C3FNO/c4-3-1-5-2-6-3. The molecule has 1 aromatic heterocycles. The molecule has 0 bridgehead atoms. The molecule has 2 radical (unpaired) electrons. The van der Waals surface area contributed by atoms with E-state index in [1.54, 1.807) is 0 Å². The SMILES string of the molecule is Fc1[c]n[c]o1. The molecule has 30 valence electrons. The van der Waals surface area contributed by atoms with E-state index in [4.69, 9.17) is 0 Å². The van der Waals surface area contributed by atoms with Crippen molar-refractivity contribution in [2.45, 2.75) is 0 Å². The second-order valence-corrected chi connectivity index (χ2v) is 0.691. The maximum absolute atomic E-state index is 11.4. The Morgan fingerprint density at radius 1 is 1.83 bits per heavy atom. The lowest BCUT2D eigenvalue weighted by Gasteiger charge is -1.58. The van der Waals surface area contributed by atoms with Crippen LogP contribution in [0, 0.1) is 18.6 Å². The van der Waals surface area contributed by atoms with Crippen LogP contribution in [0.5, 0.6) is 0 Å². The Hall–Kier alpha value is -0.860. The highest BCUT2D eigenvalue weighted by Crippen LogP contribution is 1.86. The van der Waals surface area contributed by atoms with Crippen molar-refractivity contribution in [3.63, 3.8) is 0 Å². The van der Waals surface area contributed by atoms with Gasteiger partial charge in [-0.2, -0.15) is 9.37 Å². The summed E-state index contributed by atoms with van der Waals surface area (Å²) in [6.45, 7) is 0. The highest BCUT2D eigenvalue weighted by molar-refractivity contribution is 4.58. The second kappa shape index (κ2) is 1.08. The van der Waals surface area contributed by atoms with Crippen LogP contribution in [0.4, 0.5) is 4.39 Å². The van der Waals surface area contributed by atoms with Gasteiger partial charge in [0.15, 0.2) is 6.20 Å². The summed E-state index contributed by atoms with van der Waals surface area (Å²) in [5.74, 6) is 0. The number of hydrogen-bond acceptors (Lipinski definition) is 2. The van der Waals surface area contributed by atoms with Crippen LogP contribution in [0.25, 0.3) is 0 Å². The fraction of sp³-hybridized carbons (Fsp3) is 0. The van der Waals surface area contributed by atoms with Gasteiger partial charge in [0.2, 0.25) is 0 Å². The van der Waals surface area contributed by atoms with Crippen LogP contribution in [0.2, 0.25) is 0 Å². The molecule has 0 unspecified atom stereocenters. The molecule has 0 saturated carbocycles. The number of rotatable bonds is 0. The normalized spacial score (nSPS) is 8.83. The van der Waals surface area contributed by atoms with Gasteiger partial charge in [-0.05, 0) is 0 Å². The van der Waals surface area contributed by atoms with Crippen LogP contribution in [-0.2, 0) is 0 Å². The zero-order chi connectivity index (χ0) is 4.41. The predicted octanol–water partition coefficient (Wildman–Crippen LogP) is 0.414. The van der Waals surface area contributed by atoms with Gasteiger partial charge in [-0.1, -0.05) is 0 Å². The van der Waals surface area contributed by atoms with Crippen LogP contribution in [0.15, 0.2) is 4.42 Å². The number of aromatic nitrogens is 1. The molecule has 0 N–H and O–H groups in total. The number of halogens is 1. The van der Waals surface area contributed by atoms with Crippen molar-refractivity contribution in [2.24, 2.45) is 0 Å². The van der Waals surface area contributed by atoms with E-state index in [-0.39, 0.29) is 0 Å². The molecule has 0 aliphatic carbocycles. The fourth-order valence-corrected chi connectivity index (χ4v) is 0.152. The summed E-state index contributed by atoms with van der Waals surface area (Å²) in [5, 5.41) is 0. The fourth-order valence-electron chi connectivity index (χ4n) is 0.152. The van der Waals surface area contributed by atoms with Crippen LogP contribution in [0.3, 0.4) is 0 Å². The first-order valence-corrected chi connectivity index (χ1v) is 1.29. The van der Waals surface area contributed by atoms with E-state index >= 15 is 0 Å². The van der Waals surface area contributed by atoms with E-state index in [1.807, 2.05) is 12.6 Å². The van der Waals surface area contributed by atoms with Crippen molar-refractivity contribution in [1.82, 2.24) is 4.98 Å². The van der Waals surface area contributed by atoms with Crippen LogP contribution >= 0.6 is 0 Å². The molecule has 6 heavy (non-hydrogen) atoms. The summed E-state index contributed by atoms with van der Waals surface area (Å²) >= 11 is 0. The van der Waals surface area contributed by atoms with Gasteiger partial charge in [0.05, 0.1) is 0 Å². The molecule has 0 aliphatic heterocycles. The van der Waals surface area contributed by atoms with Gasteiger partial charge in [-0.3, -0.25) is 0 Å². The van der Waals surface area contributed by atoms with Crippen LogP contribution < -0.4 is 0 Å². The molecule has 0 fully saturated rings. The van der Waals surface area contributed by atoms with Gasteiger partial charge in [0.25, 0.3) is 6.39 Å². The Bertz CT molecular complexity index is 114. The van der Waals surface area contributed by atoms with Gasteiger partial charge in [-0.25, -0.2) is 0 Å². The highest BCUT2D eigenvalue weighted by Gasteiger charge is 1.86. The van der Waals surface area contributed by atoms with E-state index in [2.05, 4.69) is 9.40 Å². The molecule has 2 nitrogen and oxygen atoms in total. The molecule has 3 heteroatoms. The van der Waals surface area contributed by atoms with Crippen molar-refractivity contribution >= 4 is 0 Å². The molecule has 0 atom stereocenters. The molecule has 1 aromatic rings. The van der Waals surface area contributed by atoms with E-state index in [0.29, 0.717) is 0 Å². The molecule has 0 aliphatic rings. The maximum Gasteiger partial charge on any atom is 0.308 e. The minimum Gasteiger partial charge on any atom is -0.405 e. The van der Waals surface area contributed by atoms with Crippen molar-refractivity contribution < 1.29 is 8.81 Å². The zero-order valence-corrected chi connectivity index (χ0v) is 2.73. The Kier molecular flexibility index (Phi) is 0.602. The van der Waals surface area contributed by atoms with Gasteiger partial charge < -0.3 is 4.42 Å². The topological polar surface area (TPSA) is 26.0 Å². The quantitative estimate of drug-likeness (QED) is 0.456. The highest BCUT2D eigenvalue weighted by atomic mass is 19.1. The summed E-state index contributed by atoms with van der Waals surface area (Å²) in [7, 11) is 0. The monoisotopic (exact) mass is 85.0 g/mol. The molecule has 1 rings (SSSR count). The van der Waals surface area contributed by atoms with Crippen molar-refractivity contribution in [3.8, 4) is 0 Å². The summed E-state index contributed by atoms with van der Waals surface area (Å²) < 4.78 is 15.2. The summed E-state index contributed by atoms with van der Waals surface area (Å²) in [6.07, 6.45) is 3.73. The van der Waals surface area contributed by atoms with Crippen LogP contribution in [0.1, 0.15) is 0 Å². The third-order valence-corrected chi connectivity index (χ3v) is 0.325. The summed E-state index contributed by atoms with van der Waals surface area (Å²) in [6, 6.07) is -0.824. The molecule has 1 heterocycles. The summed E-state index contributed by atoms with van der Waals surface area (Å²) in [5.41, 5.74) is 0. The van der Waals surface area contributed by atoms with E-state index in [1.165, 1.54) is 0 Å². The first-order chi connectivity index (χ1) is 2.89. The Morgan fingerprint density at radius 3 is 2.83 bits per heavy atom. The van der Waals surface area contributed by atoms with Crippen LogP contribution in [-0.4, -0.2) is 4.98 Å². The summed E-state index contributed by atoms with van der Waals surface area (Å²) in [4.78, 5) is 3.03. The Balaban J connectivity index is 3.05. The van der Waals surface area contributed by atoms with E-state index < -0.39 is 6.01 Å². The molecule has 0 saturated heterocycles. The molecule has 0 amide bonds. The third kappa shape index (κ3) is 0.381. The van der Waals surface area contributed by atoms with Gasteiger partial charge in [0, 0.05) is 0 Å². The number of nitrogens with zero attached hydrogens (tertiary/aromatic N) is 1. The first kappa shape index (κ1) is 3.33. The smallest absolute Gasteiger partial charge is 0.308 e. The Morgan fingerprint density at radius 2 is 2.67 bits per heavy atom. The van der Waals surface area contributed by atoms with Crippen molar-refractivity contribution in [3.05, 3.63) is 18.6 Å². The lowest BCUT2D eigenvalue weighted by Crippen LogP contribution is -1.53. The Labute approximate surface area is 33.6 Å². The average Bonchev–Trinajstić information content (AvgIpc) is 1.86. The first-order valence-electron chi connectivity index (χ1n) is 1.29. The largest absolute Gasteiger partial charge is 0.405 e. The molecule has 0 spiro atoms. The number of hydrogen-bond donors (Lipinski definition) is 0. The second-order valence-electron chi connectivity index (χ2n) is 0.691. The van der Waals surface area contributed by atoms with Gasteiger partial charge >= 0.3 is 6.01 Å². The molecular weight excluding hydrogens is 85.0 g/mol. The minimum atomic E-state index is -0.824. The van der Waals surface area contributed by atoms with Crippen molar-refractivity contribution in [1.29, 1.82) is 0 Å².